The summed E-state index contributed by atoms with van der Waals surface area (Å²) in [5.74, 6) is 1.59. The molecule has 15 heavy (non-hydrogen) atoms. The first-order valence-electron chi connectivity index (χ1n) is 6.46. The van der Waals surface area contributed by atoms with Gasteiger partial charge in [0.1, 0.15) is 0 Å². The smallest absolute Gasteiger partial charge is 0.0225 e. The van der Waals surface area contributed by atoms with Crippen molar-refractivity contribution in [2.45, 2.75) is 65.0 Å². The van der Waals surface area contributed by atoms with Crippen molar-refractivity contribution < 1.29 is 0 Å². The fraction of sp³-hybridized carbons (Fsp3) is 1.00. The van der Waals surface area contributed by atoms with Crippen LogP contribution in [0.25, 0.3) is 0 Å². The Balaban J connectivity index is 2.28. The number of likely N-dealkylation sites (tertiary alicyclic amines) is 1. The molecule has 0 aliphatic carbocycles. The van der Waals surface area contributed by atoms with Crippen LogP contribution >= 0.6 is 11.6 Å². The molecule has 0 amide bonds. The third-order valence-corrected chi connectivity index (χ3v) is 4.08. The van der Waals surface area contributed by atoms with E-state index in [4.69, 9.17) is 11.6 Å². The second-order valence-corrected chi connectivity index (χ2v) is 5.62. The van der Waals surface area contributed by atoms with Crippen LogP contribution in [0.5, 0.6) is 0 Å². The van der Waals surface area contributed by atoms with Crippen LogP contribution in [0.2, 0.25) is 0 Å². The van der Waals surface area contributed by atoms with Gasteiger partial charge in [-0.3, -0.25) is 4.90 Å². The molecule has 2 heteroatoms. The molecule has 1 aliphatic heterocycles. The zero-order chi connectivity index (χ0) is 11.3. The molecule has 1 nitrogen and oxygen atoms in total. The van der Waals surface area contributed by atoms with Crippen LogP contribution in [0.4, 0.5) is 0 Å². The lowest BCUT2D eigenvalue weighted by Crippen LogP contribution is -2.44. The van der Waals surface area contributed by atoms with Gasteiger partial charge in [-0.15, -0.1) is 11.6 Å². The maximum absolute atomic E-state index is 5.76. The molecule has 1 rings (SSSR count). The van der Waals surface area contributed by atoms with Crippen LogP contribution in [-0.4, -0.2) is 29.4 Å². The van der Waals surface area contributed by atoms with Gasteiger partial charge >= 0.3 is 0 Å². The van der Waals surface area contributed by atoms with Crippen LogP contribution in [0, 0.1) is 5.92 Å². The monoisotopic (exact) mass is 231 g/mol. The largest absolute Gasteiger partial charge is 0.298 e. The highest BCUT2D eigenvalue weighted by Crippen LogP contribution is 2.23. The number of halogens is 1. The molecule has 3 atom stereocenters. The van der Waals surface area contributed by atoms with Crippen LogP contribution in [0.15, 0.2) is 0 Å². The molecule has 1 unspecified atom stereocenters. The lowest BCUT2D eigenvalue weighted by atomic mass is 9.96. The molecule has 0 radical (unpaired) electrons. The Labute approximate surface area is 100 Å². The van der Waals surface area contributed by atoms with E-state index >= 15 is 0 Å². The third kappa shape index (κ3) is 4.32. The molecular weight excluding hydrogens is 206 g/mol. The lowest BCUT2D eigenvalue weighted by molar-refractivity contribution is 0.0967. The number of alkyl halides is 1. The van der Waals surface area contributed by atoms with Crippen molar-refractivity contribution in [3.8, 4) is 0 Å². The lowest BCUT2D eigenvalue weighted by Gasteiger charge is -2.39. The first-order chi connectivity index (χ1) is 7.15. The standard InChI is InChI=1S/C13H26ClN/c1-11(7-9-14)8-10-15-12(2)5-4-6-13(15)3/h11-13H,4-10H2,1-3H3/t11?,12-,13+. The van der Waals surface area contributed by atoms with Gasteiger partial charge in [-0.2, -0.15) is 0 Å². The van der Waals surface area contributed by atoms with Crippen molar-refractivity contribution in [2.75, 3.05) is 12.4 Å². The Bertz CT molecular complexity index is 162. The summed E-state index contributed by atoms with van der Waals surface area (Å²) in [5, 5.41) is 0. The van der Waals surface area contributed by atoms with Crippen LogP contribution in [-0.2, 0) is 0 Å². The van der Waals surface area contributed by atoms with Gasteiger partial charge in [-0.05, 0) is 52.0 Å². The minimum Gasteiger partial charge on any atom is -0.298 e. The summed E-state index contributed by atoms with van der Waals surface area (Å²) in [6.45, 7) is 8.34. The molecule has 0 bridgehead atoms. The van der Waals surface area contributed by atoms with E-state index in [0.717, 1.165) is 30.3 Å². The number of hydrogen-bond donors (Lipinski definition) is 0. The number of hydrogen-bond acceptors (Lipinski definition) is 1. The maximum Gasteiger partial charge on any atom is 0.0225 e. The van der Waals surface area contributed by atoms with Crippen molar-refractivity contribution in [3.63, 3.8) is 0 Å². The zero-order valence-electron chi connectivity index (χ0n) is 10.5. The summed E-state index contributed by atoms with van der Waals surface area (Å²) in [4.78, 5) is 2.69. The third-order valence-electron chi connectivity index (χ3n) is 3.86. The topological polar surface area (TPSA) is 3.24 Å². The highest BCUT2D eigenvalue weighted by molar-refractivity contribution is 6.17. The van der Waals surface area contributed by atoms with Crippen molar-refractivity contribution in [1.82, 2.24) is 4.90 Å². The molecule has 90 valence electrons. The Morgan fingerprint density at radius 1 is 1.20 bits per heavy atom. The minimum atomic E-state index is 0.781. The summed E-state index contributed by atoms with van der Waals surface area (Å²) >= 11 is 5.76. The Kier molecular flexibility index (Phi) is 5.99. The van der Waals surface area contributed by atoms with Crippen LogP contribution in [0.1, 0.15) is 52.9 Å². The zero-order valence-corrected chi connectivity index (χ0v) is 11.3. The molecule has 1 saturated heterocycles. The van der Waals surface area contributed by atoms with Gasteiger partial charge in [-0.1, -0.05) is 13.3 Å². The highest BCUT2D eigenvalue weighted by atomic mass is 35.5. The molecule has 0 aromatic heterocycles. The summed E-state index contributed by atoms with van der Waals surface area (Å²) in [6.07, 6.45) is 6.65. The molecular formula is C13H26ClN. The van der Waals surface area contributed by atoms with Gasteiger partial charge in [0.2, 0.25) is 0 Å². The summed E-state index contributed by atoms with van der Waals surface area (Å²) < 4.78 is 0. The predicted octanol–water partition coefficient (Wildman–Crippen LogP) is 3.90. The molecule has 0 aromatic carbocycles. The minimum absolute atomic E-state index is 0.781. The van der Waals surface area contributed by atoms with E-state index in [1.54, 1.807) is 0 Å². The van der Waals surface area contributed by atoms with E-state index in [1.165, 1.54) is 32.2 Å². The fourth-order valence-electron chi connectivity index (χ4n) is 2.62. The number of nitrogens with zero attached hydrogens (tertiary/aromatic N) is 1. The van der Waals surface area contributed by atoms with E-state index in [0.29, 0.717) is 0 Å². The first kappa shape index (κ1) is 13.3. The SMILES string of the molecule is CC(CCCl)CCN1[C@H](C)CCC[C@@H]1C. The average molecular weight is 232 g/mol. The van der Waals surface area contributed by atoms with Gasteiger partial charge in [0.05, 0.1) is 0 Å². The predicted molar refractivity (Wildman–Crippen MR) is 68.6 cm³/mol. The van der Waals surface area contributed by atoms with Crippen molar-refractivity contribution in [1.29, 1.82) is 0 Å². The number of rotatable bonds is 5. The van der Waals surface area contributed by atoms with E-state index in [1.807, 2.05) is 0 Å². The summed E-state index contributed by atoms with van der Waals surface area (Å²) in [6, 6.07) is 1.58. The van der Waals surface area contributed by atoms with Crippen LogP contribution in [0.3, 0.4) is 0 Å². The second kappa shape index (κ2) is 6.75. The Morgan fingerprint density at radius 3 is 2.33 bits per heavy atom. The average Bonchev–Trinajstić information content (AvgIpc) is 2.17. The first-order valence-corrected chi connectivity index (χ1v) is 7.00. The summed E-state index contributed by atoms with van der Waals surface area (Å²) in [7, 11) is 0. The van der Waals surface area contributed by atoms with Crippen molar-refractivity contribution >= 4 is 11.6 Å². The quantitative estimate of drug-likeness (QED) is 0.649. The molecule has 1 heterocycles. The van der Waals surface area contributed by atoms with Crippen LogP contribution < -0.4 is 0 Å². The highest BCUT2D eigenvalue weighted by Gasteiger charge is 2.24. The fourth-order valence-corrected chi connectivity index (χ4v) is 2.99. The molecule has 0 aromatic rings. The van der Waals surface area contributed by atoms with Gasteiger partial charge in [0.15, 0.2) is 0 Å². The Hall–Kier alpha value is 0.250. The van der Waals surface area contributed by atoms with Crippen molar-refractivity contribution in [3.05, 3.63) is 0 Å². The normalized spacial score (nSPS) is 30.4. The summed E-state index contributed by atoms with van der Waals surface area (Å²) in [5.41, 5.74) is 0. The molecule has 0 N–H and O–H groups in total. The van der Waals surface area contributed by atoms with E-state index in [9.17, 15) is 0 Å². The van der Waals surface area contributed by atoms with E-state index in [-0.39, 0.29) is 0 Å². The van der Waals surface area contributed by atoms with E-state index in [2.05, 4.69) is 25.7 Å². The van der Waals surface area contributed by atoms with E-state index < -0.39 is 0 Å². The second-order valence-electron chi connectivity index (χ2n) is 5.24. The van der Waals surface area contributed by atoms with Gasteiger partial charge in [0.25, 0.3) is 0 Å². The maximum atomic E-state index is 5.76. The number of piperidine rings is 1. The molecule has 0 saturated carbocycles. The van der Waals surface area contributed by atoms with Gasteiger partial charge < -0.3 is 0 Å². The Morgan fingerprint density at radius 2 is 1.80 bits per heavy atom. The van der Waals surface area contributed by atoms with Crippen molar-refractivity contribution in [2.24, 2.45) is 5.92 Å². The van der Waals surface area contributed by atoms with Gasteiger partial charge in [-0.25, -0.2) is 0 Å². The molecule has 0 spiro atoms. The van der Waals surface area contributed by atoms with Gasteiger partial charge in [0, 0.05) is 18.0 Å². The molecule has 1 fully saturated rings. The molecule has 1 aliphatic rings.